The van der Waals surface area contributed by atoms with Crippen molar-refractivity contribution in [3.63, 3.8) is 0 Å². The van der Waals surface area contributed by atoms with Crippen LogP contribution >= 0.6 is 0 Å². The number of carboxylic acid groups (broad SMARTS) is 2. The maximum atomic E-state index is 10.9. The van der Waals surface area contributed by atoms with E-state index in [1.807, 2.05) is 0 Å². The molecule has 0 bridgehead atoms. The summed E-state index contributed by atoms with van der Waals surface area (Å²) in [6.07, 6.45) is 3.27. The maximum Gasteiger partial charge on any atom is 0.336 e. The highest BCUT2D eigenvalue weighted by Crippen LogP contribution is 2.11. The van der Waals surface area contributed by atoms with Crippen molar-refractivity contribution in [2.45, 2.75) is 12.5 Å². The second kappa shape index (κ2) is 5.81. The molecule has 0 aliphatic heterocycles. The lowest BCUT2D eigenvalue weighted by Gasteiger charge is -2.02. The molecule has 0 amide bonds. The molecule has 0 saturated carbocycles. The van der Waals surface area contributed by atoms with Crippen molar-refractivity contribution in [2.24, 2.45) is 5.73 Å². The van der Waals surface area contributed by atoms with Gasteiger partial charge in [-0.3, -0.25) is 4.79 Å². The fraction of sp³-hybridized carbons (Fsp3) is 0.167. The van der Waals surface area contributed by atoms with Gasteiger partial charge < -0.3 is 15.9 Å². The van der Waals surface area contributed by atoms with E-state index in [-0.39, 0.29) is 12.0 Å². The largest absolute Gasteiger partial charge is 0.480 e. The van der Waals surface area contributed by atoms with E-state index in [0.29, 0.717) is 5.56 Å². The Hall–Kier alpha value is -2.14. The normalized spacial score (nSPS) is 12.5. The van der Waals surface area contributed by atoms with Gasteiger partial charge in [0.15, 0.2) is 0 Å². The Balaban J connectivity index is 2.78. The summed E-state index contributed by atoms with van der Waals surface area (Å²) in [6, 6.07) is 5.50. The van der Waals surface area contributed by atoms with Crippen molar-refractivity contribution in [1.82, 2.24) is 0 Å². The van der Waals surface area contributed by atoms with Crippen LogP contribution in [0.2, 0.25) is 0 Å². The predicted octanol–water partition coefficient (Wildman–Crippen LogP) is 1.20. The summed E-state index contributed by atoms with van der Waals surface area (Å²) in [4.78, 5) is 21.3. The zero-order valence-corrected chi connectivity index (χ0v) is 9.04. The molecule has 0 aliphatic rings. The molecule has 4 N–H and O–H groups in total. The lowest BCUT2D eigenvalue weighted by Crippen LogP contribution is -2.29. The molecule has 0 aromatic heterocycles. The van der Waals surface area contributed by atoms with Crippen LogP contribution in [0.3, 0.4) is 0 Å². The average molecular weight is 235 g/mol. The van der Waals surface area contributed by atoms with Gasteiger partial charge in [0.2, 0.25) is 0 Å². The molecule has 0 unspecified atom stereocenters. The lowest BCUT2D eigenvalue weighted by molar-refractivity contribution is -0.138. The molecule has 1 rings (SSSR count). The minimum atomic E-state index is -1.08. The van der Waals surface area contributed by atoms with Gasteiger partial charge in [-0.15, -0.1) is 0 Å². The number of aliphatic carboxylic acids is 1. The van der Waals surface area contributed by atoms with Crippen molar-refractivity contribution in [3.8, 4) is 0 Å². The van der Waals surface area contributed by atoms with E-state index in [1.54, 1.807) is 30.4 Å². The van der Waals surface area contributed by atoms with Gasteiger partial charge in [-0.2, -0.15) is 0 Å². The number of benzene rings is 1. The van der Waals surface area contributed by atoms with Crippen LogP contribution in [0.4, 0.5) is 0 Å². The molecule has 0 fully saturated rings. The third kappa shape index (κ3) is 3.73. The van der Waals surface area contributed by atoms with Crippen molar-refractivity contribution < 1.29 is 19.8 Å². The Bertz CT molecular complexity index is 454. The van der Waals surface area contributed by atoms with Crippen molar-refractivity contribution in [3.05, 3.63) is 41.5 Å². The maximum absolute atomic E-state index is 10.9. The minimum Gasteiger partial charge on any atom is -0.480 e. The summed E-state index contributed by atoms with van der Waals surface area (Å²) >= 11 is 0. The SMILES string of the molecule is N[C@H](C/C=C/c1ccccc1C(=O)O)C(=O)O. The molecular weight excluding hydrogens is 222 g/mol. The second-order valence-corrected chi connectivity index (χ2v) is 3.48. The van der Waals surface area contributed by atoms with Crippen LogP contribution in [0, 0.1) is 0 Å². The quantitative estimate of drug-likeness (QED) is 0.711. The van der Waals surface area contributed by atoms with E-state index in [1.165, 1.54) is 6.07 Å². The van der Waals surface area contributed by atoms with E-state index in [0.717, 1.165) is 0 Å². The Morgan fingerprint density at radius 3 is 2.53 bits per heavy atom. The van der Waals surface area contributed by atoms with E-state index >= 15 is 0 Å². The van der Waals surface area contributed by atoms with Gasteiger partial charge in [0.1, 0.15) is 6.04 Å². The minimum absolute atomic E-state index is 0.156. The molecule has 5 heteroatoms. The first-order valence-corrected chi connectivity index (χ1v) is 4.99. The Kier molecular flexibility index (Phi) is 4.42. The van der Waals surface area contributed by atoms with Crippen LogP contribution in [0.25, 0.3) is 6.08 Å². The van der Waals surface area contributed by atoms with E-state index < -0.39 is 18.0 Å². The second-order valence-electron chi connectivity index (χ2n) is 3.48. The van der Waals surface area contributed by atoms with E-state index in [2.05, 4.69) is 0 Å². The first-order valence-electron chi connectivity index (χ1n) is 4.99. The van der Waals surface area contributed by atoms with Gasteiger partial charge >= 0.3 is 11.9 Å². The van der Waals surface area contributed by atoms with E-state index in [9.17, 15) is 9.59 Å². The van der Waals surface area contributed by atoms with Crippen LogP contribution in [0.15, 0.2) is 30.3 Å². The van der Waals surface area contributed by atoms with Crippen LogP contribution in [0.5, 0.6) is 0 Å². The summed E-state index contributed by atoms with van der Waals surface area (Å²) < 4.78 is 0. The zero-order valence-electron chi connectivity index (χ0n) is 9.04. The Morgan fingerprint density at radius 1 is 1.29 bits per heavy atom. The predicted molar refractivity (Wildman–Crippen MR) is 62.7 cm³/mol. The molecule has 1 atom stereocenters. The van der Waals surface area contributed by atoms with Crippen LogP contribution in [-0.4, -0.2) is 28.2 Å². The molecule has 0 heterocycles. The number of rotatable bonds is 5. The molecule has 0 spiro atoms. The van der Waals surface area contributed by atoms with E-state index in [4.69, 9.17) is 15.9 Å². The molecule has 1 aromatic carbocycles. The fourth-order valence-electron chi connectivity index (χ4n) is 1.28. The number of aromatic carboxylic acids is 1. The molecule has 0 radical (unpaired) electrons. The molecule has 0 aliphatic carbocycles. The molecule has 5 nitrogen and oxygen atoms in total. The Labute approximate surface area is 98.2 Å². The van der Waals surface area contributed by atoms with Crippen molar-refractivity contribution in [1.29, 1.82) is 0 Å². The summed E-state index contributed by atoms with van der Waals surface area (Å²) in [6.45, 7) is 0. The molecular formula is C12H13NO4. The van der Waals surface area contributed by atoms with Crippen LogP contribution in [-0.2, 0) is 4.79 Å². The average Bonchev–Trinajstić information content (AvgIpc) is 2.29. The summed E-state index contributed by atoms with van der Waals surface area (Å²) in [7, 11) is 0. The third-order valence-corrected chi connectivity index (χ3v) is 2.20. The number of hydrogen-bond acceptors (Lipinski definition) is 3. The number of hydrogen-bond donors (Lipinski definition) is 3. The highest BCUT2D eigenvalue weighted by Gasteiger charge is 2.09. The van der Waals surface area contributed by atoms with Gasteiger partial charge in [0.05, 0.1) is 5.56 Å². The summed E-state index contributed by atoms with van der Waals surface area (Å²) in [5.74, 6) is -2.10. The summed E-state index contributed by atoms with van der Waals surface area (Å²) in [5, 5.41) is 17.5. The number of nitrogens with two attached hydrogens (primary N) is 1. The molecule has 17 heavy (non-hydrogen) atoms. The standard InChI is InChI=1S/C12H13NO4/c13-10(12(16)17)7-3-5-8-4-1-2-6-9(8)11(14)15/h1-6,10H,7,13H2,(H,14,15)(H,16,17)/b5-3+/t10-/m1/s1. The topological polar surface area (TPSA) is 101 Å². The molecule has 1 aromatic rings. The van der Waals surface area contributed by atoms with Gasteiger partial charge in [-0.1, -0.05) is 30.4 Å². The van der Waals surface area contributed by atoms with Crippen LogP contribution < -0.4 is 5.73 Å². The highest BCUT2D eigenvalue weighted by molar-refractivity contribution is 5.92. The summed E-state index contributed by atoms with van der Waals surface area (Å²) in [5.41, 5.74) is 6.01. The third-order valence-electron chi connectivity index (χ3n) is 2.20. The first kappa shape index (κ1) is 12.9. The molecule has 90 valence electrons. The number of carbonyl (C=O) groups is 2. The zero-order chi connectivity index (χ0) is 12.8. The van der Waals surface area contributed by atoms with Crippen molar-refractivity contribution in [2.75, 3.05) is 0 Å². The smallest absolute Gasteiger partial charge is 0.336 e. The monoisotopic (exact) mass is 235 g/mol. The fourth-order valence-corrected chi connectivity index (χ4v) is 1.28. The van der Waals surface area contributed by atoms with Crippen molar-refractivity contribution >= 4 is 18.0 Å². The van der Waals surface area contributed by atoms with Crippen LogP contribution in [0.1, 0.15) is 22.3 Å². The highest BCUT2D eigenvalue weighted by atomic mass is 16.4. The Morgan fingerprint density at radius 2 is 1.94 bits per heavy atom. The first-order chi connectivity index (χ1) is 8.02. The number of carboxylic acids is 2. The molecule has 0 saturated heterocycles. The van der Waals surface area contributed by atoms with Gasteiger partial charge in [-0.25, -0.2) is 4.79 Å². The van der Waals surface area contributed by atoms with Gasteiger partial charge in [-0.05, 0) is 18.1 Å². The van der Waals surface area contributed by atoms with Gasteiger partial charge in [0.25, 0.3) is 0 Å². The van der Waals surface area contributed by atoms with Gasteiger partial charge in [0, 0.05) is 0 Å². The lowest BCUT2D eigenvalue weighted by atomic mass is 10.1.